The maximum atomic E-state index is 4.50. The molecule has 0 bridgehead atoms. The van der Waals surface area contributed by atoms with Crippen molar-refractivity contribution in [3.05, 3.63) is 34.9 Å². The van der Waals surface area contributed by atoms with E-state index in [4.69, 9.17) is 0 Å². The van der Waals surface area contributed by atoms with E-state index in [2.05, 4.69) is 64.3 Å². The Morgan fingerprint density at radius 1 is 1.28 bits per heavy atom. The van der Waals surface area contributed by atoms with Gasteiger partial charge in [-0.05, 0) is 34.0 Å². The highest BCUT2D eigenvalue weighted by atomic mass is 79.9. The van der Waals surface area contributed by atoms with Crippen LogP contribution in [0.1, 0.15) is 26.7 Å². The highest BCUT2D eigenvalue weighted by molar-refractivity contribution is 9.10. The lowest BCUT2D eigenvalue weighted by molar-refractivity contribution is 0.519. The normalized spacial score (nSPS) is 11.1. The number of hydrogen-bond donors (Lipinski definition) is 1. The van der Waals surface area contributed by atoms with E-state index >= 15 is 0 Å². The molecule has 0 saturated carbocycles. The number of nitrogens with one attached hydrogen (secondary N) is 1. The van der Waals surface area contributed by atoms with Crippen molar-refractivity contribution in [1.29, 1.82) is 0 Å². The molecular weight excluding hydrogens is 288 g/mol. The molecule has 0 aliphatic carbocycles. The number of halogens is 1. The summed E-state index contributed by atoms with van der Waals surface area (Å²) in [6.07, 6.45) is 4.28. The third kappa shape index (κ3) is 3.02. The number of para-hydroxylation sites is 1. The van der Waals surface area contributed by atoms with Crippen molar-refractivity contribution in [2.75, 3.05) is 11.9 Å². The van der Waals surface area contributed by atoms with E-state index in [1.54, 1.807) is 0 Å². The van der Waals surface area contributed by atoms with Crippen LogP contribution in [0.3, 0.4) is 0 Å². The van der Waals surface area contributed by atoms with Crippen LogP contribution in [0.2, 0.25) is 0 Å². The van der Waals surface area contributed by atoms with E-state index in [0.29, 0.717) is 0 Å². The molecular formula is C15H19BrN2. The zero-order valence-corrected chi connectivity index (χ0v) is 12.5. The molecule has 1 aromatic carbocycles. The molecule has 0 radical (unpaired) electrons. The summed E-state index contributed by atoms with van der Waals surface area (Å²) in [7, 11) is 0. The lowest BCUT2D eigenvalue weighted by Crippen LogP contribution is -2.13. The topological polar surface area (TPSA) is 24.9 Å². The predicted molar refractivity (Wildman–Crippen MR) is 82.0 cm³/mol. The summed E-state index contributed by atoms with van der Waals surface area (Å²) < 4.78 is 1.02. The molecule has 2 nitrogen and oxygen atoms in total. The van der Waals surface area contributed by atoms with Gasteiger partial charge < -0.3 is 5.32 Å². The first kappa shape index (κ1) is 13.3. The predicted octanol–water partition coefficient (Wildman–Crippen LogP) is 4.85. The smallest absolute Gasteiger partial charge is 0.0934 e. The van der Waals surface area contributed by atoms with Crippen LogP contribution in [0.15, 0.2) is 34.9 Å². The summed E-state index contributed by atoms with van der Waals surface area (Å²) >= 11 is 3.46. The molecule has 0 amide bonds. The number of anilines is 1. The van der Waals surface area contributed by atoms with Crippen molar-refractivity contribution in [3.8, 4) is 0 Å². The number of fused-ring (bicyclic) bond motifs is 1. The first-order chi connectivity index (χ1) is 8.74. The van der Waals surface area contributed by atoms with Crippen molar-refractivity contribution in [3.63, 3.8) is 0 Å². The molecule has 0 fully saturated rings. The van der Waals surface area contributed by atoms with Gasteiger partial charge in [-0.25, -0.2) is 0 Å². The quantitative estimate of drug-likeness (QED) is 0.854. The van der Waals surface area contributed by atoms with Gasteiger partial charge >= 0.3 is 0 Å². The van der Waals surface area contributed by atoms with Crippen LogP contribution in [0.4, 0.5) is 5.69 Å². The third-order valence-electron chi connectivity index (χ3n) is 3.41. The molecule has 0 atom stereocenters. The van der Waals surface area contributed by atoms with E-state index in [9.17, 15) is 0 Å². The van der Waals surface area contributed by atoms with Crippen LogP contribution in [0.5, 0.6) is 0 Å². The number of aromatic nitrogens is 1. The Bertz CT molecular complexity index is 521. The van der Waals surface area contributed by atoms with E-state index in [1.807, 2.05) is 6.20 Å². The monoisotopic (exact) mass is 306 g/mol. The Hall–Kier alpha value is -1.09. The van der Waals surface area contributed by atoms with E-state index < -0.39 is 0 Å². The minimum atomic E-state index is 0.732. The van der Waals surface area contributed by atoms with Crippen LogP contribution in [0.25, 0.3) is 10.9 Å². The second-order valence-electron chi connectivity index (χ2n) is 4.59. The molecule has 0 aliphatic heterocycles. The molecule has 3 heteroatoms. The fourth-order valence-corrected chi connectivity index (χ4v) is 2.46. The highest BCUT2D eigenvalue weighted by Crippen LogP contribution is 2.24. The number of pyridine rings is 1. The summed E-state index contributed by atoms with van der Waals surface area (Å²) in [5.41, 5.74) is 2.18. The molecule has 1 aromatic heterocycles. The Morgan fingerprint density at radius 2 is 2.06 bits per heavy atom. The molecule has 1 N–H and O–H groups in total. The van der Waals surface area contributed by atoms with Gasteiger partial charge in [0.05, 0.1) is 11.2 Å². The molecule has 18 heavy (non-hydrogen) atoms. The van der Waals surface area contributed by atoms with Crippen molar-refractivity contribution in [2.45, 2.75) is 26.7 Å². The van der Waals surface area contributed by atoms with Crippen molar-refractivity contribution >= 4 is 32.5 Å². The summed E-state index contributed by atoms with van der Waals surface area (Å²) in [5, 5.41) is 4.70. The van der Waals surface area contributed by atoms with Gasteiger partial charge in [0.1, 0.15) is 0 Å². The maximum absolute atomic E-state index is 4.50. The lowest BCUT2D eigenvalue weighted by Gasteiger charge is -2.15. The number of rotatable bonds is 5. The Balaban J connectivity index is 2.23. The van der Waals surface area contributed by atoms with Crippen LogP contribution in [-0.4, -0.2) is 11.5 Å². The molecule has 2 rings (SSSR count). The second kappa shape index (κ2) is 6.19. The number of nitrogens with zero attached hydrogens (tertiary/aromatic N) is 1. The van der Waals surface area contributed by atoms with Gasteiger partial charge in [0.25, 0.3) is 0 Å². The average Bonchev–Trinajstić information content (AvgIpc) is 2.39. The maximum Gasteiger partial charge on any atom is 0.0934 e. The van der Waals surface area contributed by atoms with E-state index in [0.717, 1.165) is 28.1 Å². The summed E-state index contributed by atoms with van der Waals surface area (Å²) in [6, 6.07) is 8.37. The van der Waals surface area contributed by atoms with E-state index in [-0.39, 0.29) is 0 Å². The van der Waals surface area contributed by atoms with E-state index in [1.165, 1.54) is 18.2 Å². The fourth-order valence-electron chi connectivity index (χ4n) is 2.11. The number of hydrogen-bond acceptors (Lipinski definition) is 2. The zero-order chi connectivity index (χ0) is 13.0. The summed E-state index contributed by atoms with van der Waals surface area (Å²) in [4.78, 5) is 4.50. The van der Waals surface area contributed by atoms with Crippen LogP contribution >= 0.6 is 15.9 Å². The zero-order valence-electron chi connectivity index (χ0n) is 10.9. The van der Waals surface area contributed by atoms with Crippen molar-refractivity contribution < 1.29 is 0 Å². The number of benzene rings is 1. The first-order valence-corrected chi connectivity index (χ1v) is 7.32. The summed E-state index contributed by atoms with van der Waals surface area (Å²) in [5.74, 6) is 0.732. The molecule has 96 valence electrons. The molecule has 0 spiro atoms. The fraction of sp³-hybridized carbons (Fsp3) is 0.400. The van der Waals surface area contributed by atoms with Crippen LogP contribution in [0, 0.1) is 5.92 Å². The van der Waals surface area contributed by atoms with Gasteiger partial charge in [-0.1, -0.05) is 38.8 Å². The van der Waals surface area contributed by atoms with Gasteiger partial charge in [0.2, 0.25) is 0 Å². The lowest BCUT2D eigenvalue weighted by atomic mass is 10.0. The highest BCUT2D eigenvalue weighted by Gasteiger charge is 2.06. The van der Waals surface area contributed by atoms with Crippen LogP contribution < -0.4 is 5.32 Å². The van der Waals surface area contributed by atoms with Crippen LogP contribution in [-0.2, 0) is 0 Å². The summed E-state index contributed by atoms with van der Waals surface area (Å²) in [6.45, 7) is 5.51. The van der Waals surface area contributed by atoms with Crippen molar-refractivity contribution in [1.82, 2.24) is 4.98 Å². The van der Waals surface area contributed by atoms with Gasteiger partial charge in [-0.3, -0.25) is 4.98 Å². The minimum absolute atomic E-state index is 0.732. The SMILES string of the molecule is CCC(CC)CNc1cccc2cc(Br)cnc12. The molecule has 0 aliphatic rings. The Labute approximate surface area is 117 Å². The second-order valence-corrected chi connectivity index (χ2v) is 5.51. The Kier molecular flexibility index (Phi) is 4.59. The van der Waals surface area contributed by atoms with Gasteiger partial charge in [0.15, 0.2) is 0 Å². The Morgan fingerprint density at radius 3 is 2.78 bits per heavy atom. The van der Waals surface area contributed by atoms with Gasteiger partial charge in [0, 0.05) is 22.6 Å². The van der Waals surface area contributed by atoms with Crippen molar-refractivity contribution in [2.24, 2.45) is 5.92 Å². The average molecular weight is 307 g/mol. The molecule has 0 unspecified atom stereocenters. The van der Waals surface area contributed by atoms with Gasteiger partial charge in [-0.2, -0.15) is 0 Å². The molecule has 1 heterocycles. The molecule has 0 saturated heterocycles. The minimum Gasteiger partial charge on any atom is -0.383 e. The standard InChI is InChI=1S/C15H19BrN2/c1-3-11(4-2)9-17-14-7-5-6-12-8-13(16)10-18-15(12)14/h5-8,10-11,17H,3-4,9H2,1-2H3. The molecule has 2 aromatic rings. The first-order valence-electron chi connectivity index (χ1n) is 6.52. The largest absolute Gasteiger partial charge is 0.383 e. The third-order valence-corrected chi connectivity index (χ3v) is 3.85. The van der Waals surface area contributed by atoms with Gasteiger partial charge in [-0.15, -0.1) is 0 Å².